The summed E-state index contributed by atoms with van der Waals surface area (Å²) in [7, 11) is -1.79. The van der Waals surface area contributed by atoms with Crippen LogP contribution in [0.2, 0.25) is 0 Å². The first-order valence-electron chi connectivity index (χ1n) is 9.39. The highest BCUT2D eigenvalue weighted by Crippen LogP contribution is 2.30. The molecule has 0 saturated heterocycles. The standard InChI is InChI=1S/C20H20F3N5O4S/c1-11-6-5-7-12(2)17(11)27-33(30,31)15-8-13(10-24-19(15)32-4)25-18(29)14-9-16(20(21,22)23)26-28(14)3/h5-10,27H,1-4H3,(H,25,29). The number of sulfonamides is 1. The maximum absolute atomic E-state index is 13.1. The van der Waals surface area contributed by atoms with E-state index in [4.69, 9.17) is 4.74 Å². The summed E-state index contributed by atoms with van der Waals surface area (Å²) in [6.45, 7) is 3.47. The maximum Gasteiger partial charge on any atom is 0.435 e. The molecule has 0 saturated carbocycles. The Balaban J connectivity index is 1.94. The molecule has 0 aliphatic rings. The third-order valence-electron chi connectivity index (χ3n) is 4.68. The molecule has 3 rings (SSSR count). The molecule has 1 aromatic carbocycles. The average molecular weight is 483 g/mol. The van der Waals surface area contributed by atoms with E-state index in [9.17, 15) is 26.4 Å². The van der Waals surface area contributed by atoms with Gasteiger partial charge in [0.25, 0.3) is 15.9 Å². The number of ether oxygens (including phenoxy) is 1. The molecule has 0 bridgehead atoms. The summed E-state index contributed by atoms with van der Waals surface area (Å²) in [4.78, 5) is 16.0. The number of hydrogen-bond donors (Lipinski definition) is 2. The lowest BCUT2D eigenvalue weighted by atomic mass is 10.1. The Bertz CT molecular complexity index is 1300. The lowest BCUT2D eigenvalue weighted by Gasteiger charge is -2.15. The average Bonchev–Trinajstić information content (AvgIpc) is 3.13. The van der Waals surface area contributed by atoms with Gasteiger partial charge in [-0.2, -0.15) is 18.3 Å². The first kappa shape index (κ1) is 24.0. The molecule has 0 radical (unpaired) electrons. The number of amides is 1. The monoisotopic (exact) mass is 483 g/mol. The van der Waals surface area contributed by atoms with Crippen LogP contribution in [0, 0.1) is 13.8 Å². The number of carbonyl (C=O) groups excluding carboxylic acids is 1. The Hall–Kier alpha value is -3.61. The van der Waals surface area contributed by atoms with Crippen molar-refractivity contribution in [1.29, 1.82) is 0 Å². The number of nitrogens with zero attached hydrogens (tertiary/aromatic N) is 3. The van der Waals surface area contributed by atoms with Crippen LogP contribution < -0.4 is 14.8 Å². The quantitative estimate of drug-likeness (QED) is 0.555. The van der Waals surface area contributed by atoms with Gasteiger partial charge < -0.3 is 10.1 Å². The normalized spacial score (nSPS) is 11.8. The molecule has 0 fully saturated rings. The maximum atomic E-state index is 13.1. The van der Waals surface area contributed by atoms with Crippen LogP contribution in [-0.2, 0) is 23.2 Å². The smallest absolute Gasteiger partial charge is 0.435 e. The van der Waals surface area contributed by atoms with E-state index in [1.54, 1.807) is 32.0 Å². The Labute approximate surface area is 187 Å². The van der Waals surface area contributed by atoms with Crippen molar-refractivity contribution in [2.75, 3.05) is 17.1 Å². The van der Waals surface area contributed by atoms with Crippen LogP contribution in [0.1, 0.15) is 27.3 Å². The van der Waals surface area contributed by atoms with Crippen LogP contribution >= 0.6 is 0 Å². The highest BCUT2D eigenvalue weighted by molar-refractivity contribution is 7.92. The molecule has 1 amide bonds. The summed E-state index contributed by atoms with van der Waals surface area (Å²) in [5.74, 6) is -1.16. The summed E-state index contributed by atoms with van der Waals surface area (Å²) in [5.41, 5.74) is 0.0690. The Morgan fingerprint density at radius 2 is 1.79 bits per heavy atom. The predicted octanol–water partition coefficient (Wildman–Crippen LogP) is 3.51. The molecule has 2 heterocycles. The van der Waals surface area contributed by atoms with E-state index in [0.29, 0.717) is 22.9 Å². The molecule has 0 aliphatic carbocycles. The van der Waals surface area contributed by atoms with Crippen molar-refractivity contribution in [1.82, 2.24) is 14.8 Å². The third-order valence-corrected chi connectivity index (χ3v) is 6.02. The number of hydrogen-bond acceptors (Lipinski definition) is 6. The number of aryl methyl sites for hydroxylation is 3. The minimum absolute atomic E-state index is 0.0718. The van der Waals surface area contributed by atoms with Gasteiger partial charge in [-0.25, -0.2) is 13.4 Å². The fourth-order valence-corrected chi connectivity index (χ4v) is 4.37. The molecule has 13 heteroatoms. The number of carbonyl (C=O) groups is 1. The SMILES string of the molecule is COc1ncc(NC(=O)c2cc(C(F)(F)F)nn2C)cc1S(=O)(=O)Nc1c(C)cccc1C. The zero-order valence-electron chi connectivity index (χ0n) is 18.0. The number of methoxy groups -OCH3 is 1. The number of rotatable bonds is 6. The highest BCUT2D eigenvalue weighted by Gasteiger charge is 2.35. The van der Waals surface area contributed by atoms with E-state index in [1.807, 2.05) is 0 Å². The molecule has 9 nitrogen and oxygen atoms in total. The second kappa shape index (κ2) is 8.73. The van der Waals surface area contributed by atoms with Crippen molar-refractivity contribution in [3.05, 3.63) is 59.0 Å². The first-order valence-corrected chi connectivity index (χ1v) is 10.9. The van der Waals surface area contributed by atoms with E-state index in [-0.39, 0.29) is 22.2 Å². The third kappa shape index (κ3) is 5.08. The molecule has 0 spiro atoms. The first-order chi connectivity index (χ1) is 15.3. The molecule has 176 valence electrons. The van der Waals surface area contributed by atoms with Gasteiger partial charge in [-0.15, -0.1) is 0 Å². The predicted molar refractivity (Wildman–Crippen MR) is 114 cm³/mol. The van der Waals surface area contributed by atoms with Crippen molar-refractivity contribution in [3.63, 3.8) is 0 Å². The van der Waals surface area contributed by atoms with Crippen LogP contribution in [-0.4, -0.2) is 36.2 Å². The van der Waals surface area contributed by atoms with E-state index >= 15 is 0 Å². The molecule has 2 aromatic heterocycles. The van der Waals surface area contributed by atoms with E-state index in [1.165, 1.54) is 14.2 Å². The molecule has 0 aliphatic heterocycles. The lowest BCUT2D eigenvalue weighted by molar-refractivity contribution is -0.141. The van der Waals surface area contributed by atoms with Gasteiger partial charge >= 0.3 is 6.18 Å². The van der Waals surface area contributed by atoms with Crippen molar-refractivity contribution < 1.29 is 31.1 Å². The van der Waals surface area contributed by atoms with Crippen molar-refractivity contribution in [2.24, 2.45) is 7.05 Å². The van der Waals surface area contributed by atoms with Crippen molar-refractivity contribution >= 4 is 27.3 Å². The highest BCUT2D eigenvalue weighted by atomic mass is 32.2. The van der Waals surface area contributed by atoms with Gasteiger partial charge in [0.1, 0.15) is 5.69 Å². The molecule has 0 atom stereocenters. The summed E-state index contributed by atoms with van der Waals surface area (Å²) < 4.78 is 73.1. The number of pyridine rings is 1. The molecular formula is C20H20F3N5O4S. The number of nitrogens with one attached hydrogen (secondary N) is 2. The molecule has 33 heavy (non-hydrogen) atoms. The second-order valence-corrected chi connectivity index (χ2v) is 8.74. The van der Waals surface area contributed by atoms with Gasteiger partial charge in [-0.3, -0.25) is 14.2 Å². The van der Waals surface area contributed by atoms with Crippen LogP contribution in [0.25, 0.3) is 0 Å². The number of aromatic nitrogens is 3. The fourth-order valence-electron chi connectivity index (χ4n) is 3.02. The van der Waals surface area contributed by atoms with Gasteiger partial charge in [0, 0.05) is 13.1 Å². The number of anilines is 2. The minimum Gasteiger partial charge on any atom is -0.480 e. The van der Waals surface area contributed by atoms with Crippen LogP contribution in [0.4, 0.5) is 24.5 Å². The van der Waals surface area contributed by atoms with E-state index in [0.717, 1.165) is 16.9 Å². The zero-order valence-corrected chi connectivity index (χ0v) is 18.8. The molecular weight excluding hydrogens is 463 g/mol. The van der Waals surface area contributed by atoms with Gasteiger partial charge in [-0.05, 0) is 31.0 Å². The Morgan fingerprint density at radius 3 is 2.33 bits per heavy atom. The fraction of sp³-hybridized carbons (Fsp3) is 0.250. The van der Waals surface area contributed by atoms with E-state index in [2.05, 4.69) is 20.1 Å². The molecule has 0 unspecified atom stereocenters. The second-order valence-electron chi connectivity index (χ2n) is 7.09. The largest absolute Gasteiger partial charge is 0.480 e. The van der Waals surface area contributed by atoms with Crippen LogP contribution in [0.5, 0.6) is 5.88 Å². The molecule has 3 aromatic rings. The Kier molecular flexibility index (Phi) is 6.36. The summed E-state index contributed by atoms with van der Waals surface area (Å²) in [6, 6.07) is 6.94. The Morgan fingerprint density at radius 1 is 1.15 bits per heavy atom. The topological polar surface area (TPSA) is 115 Å². The number of benzene rings is 1. The van der Waals surface area contributed by atoms with Gasteiger partial charge in [0.2, 0.25) is 5.88 Å². The van der Waals surface area contributed by atoms with Crippen molar-refractivity contribution in [3.8, 4) is 5.88 Å². The molecule has 2 N–H and O–H groups in total. The van der Waals surface area contributed by atoms with Gasteiger partial charge in [-0.1, -0.05) is 18.2 Å². The minimum atomic E-state index is -4.72. The van der Waals surface area contributed by atoms with Crippen LogP contribution in [0.15, 0.2) is 41.4 Å². The number of halogens is 3. The summed E-state index contributed by atoms with van der Waals surface area (Å²) >= 11 is 0. The summed E-state index contributed by atoms with van der Waals surface area (Å²) in [6.07, 6.45) is -3.60. The zero-order chi connectivity index (χ0) is 24.6. The number of para-hydroxylation sites is 1. The lowest BCUT2D eigenvalue weighted by Crippen LogP contribution is -2.19. The van der Waals surface area contributed by atoms with Crippen LogP contribution in [0.3, 0.4) is 0 Å². The van der Waals surface area contributed by atoms with Gasteiger partial charge in [0.05, 0.1) is 24.7 Å². The number of alkyl halides is 3. The van der Waals surface area contributed by atoms with Crippen molar-refractivity contribution in [2.45, 2.75) is 24.9 Å². The summed E-state index contributed by atoms with van der Waals surface area (Å²) in [5, 5.41) is 5.62. The van der Waals surface area contributed by atoms with Gasteiger partial charge in [0.15, 0.2) is 10.6 Å². The van der Waals surface area contributed by atoms with E-state index < -0.39 is 27.8 Å².